The molecule has 5 unspecified atom stereocenters. The summed E-state index contributed by atoms with van der Waals surface area (Å²) in [5, 5.41) is 9.43. The average Bonchev–Trinajstić information content (AvgIpc) is 3.57. The van der Waals surface area contributed by atoms with Gasteiger partial charge in [0.25, 0.3) is 0 Å². The summed E-state index contributed by atoms with van der Waals surface area (Å²) in [6.07, 6.45) is 7.72. The van der Waals surface area contributed by atoms with E-state index in [1.54, 1.807) is 31.2 Å². The molecule has 0 radical (unpaired) electrons. The molecule has 1 aromatic heterocycles. The number of hydrogen-bond acceptors (Lipinski definition) is 6. The molecule has 10 heteroatoms. The van der Waals surface area contributed by atoms with Gasteiger partial charge in [0.1, 0.15) is 25.2 Å². The van der Waals surface area contributed by atoms with Crippen molar-refractivity contribution in [3.05, 3.63) is 49.1 Å². The van der Waals surface area contributed by atoms with Crippen molar-refractivity contribution < 1.29 is 19.2 Å². The number of fused-ring (bicyclic) bond motifs is 5. The molecule has 1 aliphatic heterocycles. The quantitative estimate of drug-likeness (QED) is 0.520. The zero-order chi connectivity index (χ0) is 22.4. The summed E-state index contributed by atoms with van der Waals surface area (Å²) in [6.45, 7) is 1.41. The number of nitrogens with one attached hydrogen (secondary N) is 2. The van der Waals surface area contributed by atoms with Crippen LogP contribution in [0.4, 0.5) is 11.4 Å². The summed E-state index contributed by atoms with van der Waals surface area (Å²) in [5.41, 5.74) is 1.05. The highest BCUT2D eigenvalue weighted by Crippen LogP contribution is 2.52. The fourth-order valence-corrected chi connectivity index (χ4v) is 4.89. The van der Waals surface area contributed by atoms with E-state index in [0.29, 0.717) is 11.4 Å². The largest absolute Gasteiger partial charge is 0.325 e. The van der Waals surface area contributed by atoms with Crippen molar-refractivity contribution in [1.82, 2.24) is 19.7 Å². The van der Waals surface area contributed by atoms with Gasteiger partial charge in [-0.15, -0.1) is 0 Å². The molecular formula is C22H22N6O4. The Labute approximate surface area is 183 Å². The fraction of sp³-hybridized carbons (Fsp3) is 0.364. The van der Waals surface area contributed by atoms with Crippen LogP contribution in [0, 0.1) is 23.7 Å². The number of carbonyl (C=O) groups is 4. The van der Waals surface area contributed by atoms with Crippen molar-refractivity contribution in [2.75, 3.05) is 17.2 Å². The lowest BCUT2D eigenvalue weighted by Gasteiger charge is -2.17. The Morgan fingerprint density at radius 3 is 2.19 bits per heavy atom. The first kappa shape index (κ1) is 20.1. The van der Waals surface area contributed by atoms with Crippen LogP contribution in [-0.2, 0) is 19.2 Å². The van der Waals surface area contributed by atoms with Crippen molar-refractivity contribution >= 4 is 35.0 Å². The fourth-order valence-electron chi connectivity index (χ4n) is 4.89. The third kappa shape index (κ3) is 3.37. The van der Waals surface area contributed by atoms with Gasteiger partial charge in [-0.2, -0.15) is 5.10 Å². The molecule has 1 saturated heterocycles. The minimum absolute atomic E-state index is 0.115. The molecule has 0 spiro atoms. The predicted molar refractivity (Wildman–Crippen MR) is 113 cm³/mol. The monoisotopic (exact) mass is 434 g/mol. The lowest BCUT2D eigenvalue weighted by atomic mass is 9.85. The SMILES string of the molecule is CC(C(=O)Nc1ccc(NC(=O)CN2C(=O)C3C4C=CC(C4)C3C2=O)cc1)n1cncn1. The number of carbonyl (C=O) groups excluding carboxylic acids is 4. The maximum absolute atomic E-state index is 12.7. The van der Waals surface area contributed by atoms with Crippen LogP contribution in [0.2, 0.25) is 0 Å². The Morgan fingerprint density at radius 2 is 1.62 bits per heavy atom. The molecule has 2 aliphatic carbocycles. The zero-order valence-corrected chi connectivity index (χ0v) is 17.3. The van der Waals surface area contributed by atoms with E-state index in [9.17, 15) is 19.2 Å². The van der Waals surface area contributed by atoms with Crippen LogP contribution >= 0.6 is 0 Å². The van der Waals surface area contributed by atoms with Crippen LogP contribution in [0.25, 0.3) is 0 Å². The smallest absolute Gasteiger partial charge is 0.249 e. The standard InChI is InChI=1S/C22H22N6O4/c1-12(28-11-23-10-24-28)20(30)26-16-6-4-15(5-7-16)25-17(29)9-27-21(31)18-13-2-3-14(8-13)19(18)22(27)32/h2-7,10-14,18-19H,8-9H2,1H3,(H,25,29)(H,26,30). The summed E-state index contributed by atoms with van der Waals surface area (Å²) in [4.78, 5) is 55.1. The molecule has 2 N–H and O–H groups in total. The molecule has 164 valence electrons. The van der Waals surface area contributed by atoms with Gasteiger partial charge in [0.2, 0.25) is 23.6 Å². The molecule has 2 heterocycles. The number of benzene rings is 1. The minimum atomic E-state index is -0.530. The number of nitrogens with zero attached hydrogens (tertiary/aromatic N) is 4. The molecule has 4 amide bonds. The number of amides is 4. The number of anilines is 2. The van der Waals surface area contributed by atoms with Gasteiger partial charge >= 0.3 is 0 Å². The Kier molecular flexibility index (Phi) is 4.84. The molecule has 3 aliphatic rings. The number of hydrogen-bond donors (Lipinski definition) is 2. The Morgan fingerprint density at radius 1 is 1.03 bits per heavy atom. The Bertz CT molecular complexity index is 1080. The summed E-state index contributed by atoms with van der Waals surface area (Å²) in [6, 6.07) is 6.06. The van der Waals surface area contributed by atoms with E-state index in [2.05, 4.69) is 20.7 Å². The summed E-state index contributed by atoms with van der Waals surface area (Å²) in [5.74, 6) is -1.58. The van der Waals surface area contributed by atoms with Crippen LogP contribution in [0.3, 0.4) is 0 Å². The Balaban J connectivity index is 1.16. The third-order valence-corrected chi connectivity index (χ3v) is 6.51. The van der Waals surface area contributed by atoms with E-state index < -0.39 is 11.9 Å². The maximum atomic E-state index is 12.7. The third-order valence-electron chi connectivity index (χ3n) is 6.51. The summed E-state index contributed by atoms with van der Waals surface area (Å²) >= 11 is 0. The zero-order valence-electron chi connectivity index (χ0n) is 17.3. The number of likely N-dealkylation sites (tertiary alicyclic amines) is 1. The van der Waals surface area contributed by atoms with Gasteiger partial charge < -0.3 is 10.6 Å². The van der Waals surface area contributed by atoms with Gasteiger partial charge in [0.05, 0.1) is 11.8 Å². The van der Waals surface area contributed by atoms with Gasteiger partial charge in [0, 0.05) is 11.4 Å². The normalized spacial score (nSPS) is 26.3. The van der Waals surface area contributed by atoms with Crippen molar-refractivity contribution in [2.24, 2.45) is 23.7 Å². The molecule has 2 aromatic rings. The first-order chi connectivity index (χ1) is 15.4. The summed E-state index contributed by atoms with van der Waals surface area (Å²) in [7, 11) is 0. The van der Waals surface area contributed by atoms with E-state index in [1.165, 1.54) is 17.3 Å². The molecule has 2 bridgehead atoms. The van der Waals surface area contributed by atoms with Gasteiger partial charge in [-0.1, -0.05) is 12.2 Å². The number of rotatable bonds is 6. The molecule has 5 atom stereocenters. The second kappa shape index (κ2) is 7.70. The highest BCUT2D eigenvalue weighted by molar-refractivity contribution is 6.09. The van der Waals surface area contributed by atoms with Crippen LogP contribution < -0.4 is 10.6 Å². The van der Waals surface area contributed by atoms with E-state index in [0.717, 1.165) is 11.3 Å². The molecule has 5 rings (SSSR count). The molecule has 2 fully saturated rings. The Hall–Kier alpha value is -3.82. The van der Waals surface area contributed by atoms with Crippen molar-refractivity contribution in [3.8, 4) is 0 Å². The first-order valence-corrected chi connectivity index (χ1v) is 10.5. The van der Waals surface area contributed by atoms with E-state index >= 15 is 0 Å². The molecule has 32 heavy (non-hydrogen) atoms. The van der Waals surface area contributed by atoms with E-state index in [1.807, 2.05) is 12.2 Å². The topological polar surface area (TPSA) is 126 Å². The van der Waals surface area contributed by atoms with Crippen LogP contribution in [0.15, 0.2) is 49.1 Å². The van der Waals surface area contributed by atoms with Gasteiger partial charge in [-0.3, -0.25) is 24.1 Å². The van der Waals surface area contributed by atoms with Gasteiger partial charge in [-0.25, -0.2) is 9.67 Å². The minimum Gasteiger partial charge on any atom is -0.325 e. The molecule has 1 aromatic carbocycles. The van der Waals surface area contributed by atoms with E-state index in [-0.39, 0.29) is 47.9 Å². The van der Waals surface area contributed by atoms with Crippen LogP contribution in [0.1, 0.15) is 19.4 Å². The first-order valence-electron chi connectivity index (χ1n) is 10.5. The van der Waals surface area contributed by atoms with Crippen molar-refractivity contribution in [3.63, 3.8) is 0 Å². The maximum Gasteiger partial charge on any atom is 0.249 e. The molecule has 1 saturated carbocycles. The summed E-state index contributed by atoms with van der Waals surface area (Å²) < 4.78 is 1.44. The second-order valence-electron chi connectivity index (χ2n) is 8.43. The van der Waals surface area contributed by atoms with Crippen LogP contribution in [0.5, 0.6) is 0 Å². The lowest BCUT2D eigenvalue weighted by molar-refractivity contribution is -0.143. The van der Waals surface area contributed by atoms with Crippen molar-refractivity contribution in [2.45, 2.75) is 19.4 Å². The number of imide groups is 1. The molecular weight excluding hydrogens is 412 g/mol. The van der Waals surface area contributed by atoms with Crippen molar-refractivity contribution in [1.29, 1.82) is 0 Å². The average molecular weight is 434 g/mol. The highest BCUT2D eigenvalue weighted by atomic mass is 16.2. The predicted octanol–water partition coefficient (Wildman–Crippen LogP) is 1.22. The lowest BCUT2D eigenvalue weighted by Crippen LogP contribution is -2.39. The number of allylic oxidation sites excluding steroid dienone is 2. The van der Waals surface area contributed by atoms with Gasteiger partial charge in [-0.05, 0) is 49.4 Å². The highest BCUT2D eigenvalue weighted by Gasteiger charge is 2.59. The van der Waals surface area contributed by atoms with Gasteiger partial charge in [0.15, 0.2) is 0 Å². The second-order valence-corrected chi connectivity index (χ2v) is 8.43. The van der Waals surface area contributed by atoms with Crippen LogP contribution in [-0.4, -0.2) is 49.8 Å². The molecule has 10 nitrogen and oxygen atoms in total. The number of aromatic nitrogens is 3. The van der Waals surface area contributed by atoms with E-state index in [4.69, 9.17) is 0 Å².